The van der Waals surface area contributed by atoms with Crippen molar-refractivity contribution in [1.29, 1.82) is 0 Å². The van der Waals surface area contributed by atoms with Crippen LogP contribution in [-0.2, 0) is 11.3 Å². The van der Waals surface area contributed by atoms with Crippen molar-refractivity contribution in [2.75, 3.05) is 26.7 Å². The third-order valence-corrected chi connectivity index (χ3v) is 4.28. The standard InChI is InChI=1S/C17H27ClN2O/c1-3-10-19-11-15-8-9-16(21-15)13-20(2)12-14-6-4-5-7-17(14)18/h4-7,15-16,19H,3,8-13H2,1-2H3. The quantitative estimate of drug-likeness (QED) is 0.746. The molecule has 0 radical (unpaired) electrons. The molecule has 1 aliphatic rings. The Bertz CT molecular complexity index is 427. The molecule has 0 aromatic heterocycles. The minimum atomic E-state index is 0.353. The maximum absolute atomic E-state index is 6.21. The van der Waals surface area contributed by atoms with E-state index in [2.05, 4.69) is 30.3 Å². The summed E-state index contributed by atoms with van der Waals surface area (Å²) in [7, 11) is 2.13. The van der Waals surface area contributed by atoms with Crippen LogP contribution in [0.15, 0.2) is 24.3 Å². The summed E-state index contributed by atoms with van der Waals surface area (Å²) in [6.45, 7) is 6.10. The Labute approximate surface area is 133 Å². The minimum absolute atomic E-state index is 0.353. The molecular formula is C17H27ClN2O. The average molecular weight is 311 g/mol. The molecule has 1 saturated heterocycles. The molecular weight excluding hydrogens is 284 g/mol. The highest BCUT2D eigenvalue weighted by Gasteiger charge is 2.25. The van der Waals surface area contributed by atoms with Gasteiger partial charge in [-0.05, 0) is 44.5 Å². The lowest BCUT2D eigenvalue weighted by atomic mass is 10.1. The number of hydrogen-bond acceptors (Lipinski definition) is 3. The molecule has 1 aliphatic heterocycles. The van der Waals surface area contributed by atoms with Gasteiger partial charge in [-0.1, -0.05) is 36.7 Å². The molecule has 21 heavy (non-hydrogen) atoms. The van der Waals surface area contributed by atoms with Gasteiger partial charge < -0.3 is 10.1 Å². The summed E-state index contributed by atoms with van der Waals surface area (Å²) in [5, 5.41) is 4.29. The highest BCUT2D eigenvalue weighted by Crippen LogP contribution is 2.21. The maximum Gasteiger partial charge on any atom is 0.0707 e. The van der Waals surface area contributed by atoms with Gasteiger partial charge in [-0.2, -0.15) is 0 Å². The predicted octanol–water partition coefficient (Wildman–Crippen LogP) is 3.32. The van der Waals surface area contributed by atoms with Crippen LogP contribution in [0.25, 0.3) is 0 Å². The van der Waals surface area contributed by atoms with Gasteiger partial charge in [0.25, 0.3) is 0 Å². The third-order valence-electron chi connectivity index (χ3n) is 3.91. The molecule has 0 saturated carbocycles. The minimum Gasteiger partial charge on any atom is -0.372 e. The van der Waals surface area contributed by atoms with Crippen LogP contribution in [0.5, 0.6) is 0 Å². The molecule has 0 amide bonds. The summed E-state index contributed by atoms with van der Waals surface area (Å²) in [5.41, 5.74) is 1.18. The van der Waals surface area contributed by atoms with Gasteiger partial charge in [-0.25, -0.2) is 0 Å². The zero-order valence-corrected chi connectivity index (χ0v) is 13.9. The molecule has 0 bridgehead atoms. The molecule has 2 rings (SSSR count). The molecule has 4 heteroatoms. The summed E-state index contributed by atoms with van der Waals surface area (Å²) >= 11 is 6.21. The summed E-state index contributed by atoms with van der Waals surface area (Å²) in [4.78, 5) is 2.30. The van der Waals surface area contributed by atoms with Gasteiger partial charge in [-0.15, -0.1) is 0 Å². The second-order valence-corrected chi connectivity index (χ2v) is 6.36. The van der Waals surface area contributed by atoms with Crippen molar-refractivity contribution < 1.29 is 4.74 Å². The van der Waals surface area contributed by atoms with Crippen LogP contribution in [0.1, 0.15) is 31.7 Å². The highest BCUT2D eigenvalue weighted by atomic mass is 35.5. The number of likely N-dealkylation sites (N-methyl/N-ethyl adjacent to an activating group) is 1. The van der Waals surface area contributed by atoms with E-state index in [1.165, 1.54) is 18.4 Å². The van der Waals surface area contributed by atoms with E-state index in [1.54, 1.807) is 0 Å². The van der Waals surface area contributed by atoms with Crippen molar-refractivity contribution in [3.63, 3.8) is 0 Å². The number of nitrogens with one attached hydrogen (secondary N) is 1. The second-order valence-electron chi connectivity index (χ2n) is 5.95. The maximum atomic E-state index is 6.21. The smallest absolute Gasteiger partial charge is 0.0707 e. The fourth-order valence-corrected chi connectivity index (χ4v) is 3.03. The van der Waals surface area contributed by atoms with E-state index in [9.17, 15) is 0 Å². The van der Waals surface area contributed by atoms with Gasteiger partial charge >= 0.3 is 0 Å². The van der Waals surface area contributed by atoms with Crippen molar-refractivity contribution >= 4 is 11.6 Å². The SMILES string of the molecule is CCCNCC1CCC(CN(C)Cc2ccccc2Cl)O1. The molecule has 0 spiro atoms. The van der Waals surface area contributed by atoms with E-state index in [4.69, 9.17) is 16.3 Å². The topological polar surface area (TPSA) is 24.5 Å². The average Bonchev–Trinajstić information content (AvgIpc) is 2.89. The molecule has 2 unspecified atom stereocenters. The second kappa shape index (κ2) is 8.74. The molecule has 0 aliphatic carbocycles. The normalized spacial score (nSPS) is 22.1. The number of rotatable bonds is 8. The van der Waals surface area contributed by atoms with Gasteiger partial charge in [0, 0.05) is 24.7 Å². The molecule has 2 atom stereocenters. The number of ether oxygens (including phenoxy) is 1. The Hall–Kier alpha value is -0.610. The molecule has 3 nitrogen and oxygen atoms in total. The van der Waals surface area contributed by atoms with Gasteiger partial charge in [0.15, 0.2) is 0 Å². The first-order chi connectivity index (χ1) is 10.2. The van der Waals surface area contributed by atoms with Crippen LogP contribution in [0.3, 0.4) is 0 Å². The first-order valence-electron chi connectivity index (χ1n) is 7.97. The van der Waals surface area contributed by atoms with E-state index in [0.717, 1.165) is 37.6 Å². The Kier molecular flexibility index (Phi) is 6.97. The number of nitrogens with zero attached hydrogens (tertiary/aromatic N) is 1. The van der Waals surface area contributed by atoms with Crippen molar-refractivity contribution in [3.8, 4) is 0 Å². The van der Waals surface area contributed by atoms with Crippen molar-refractivity contribution in [3.05, 3.63) is 34.9 Å². The molecule has 118 valence electrons. The zero-order valence-electron chi connectivity index (χ0n) is 13.1. The van der Waals surface area contributed by atoms with Gasteiger partial charge in [-0.3, -0.25) is 4.90 Å². The summed E-state index contributed by atoms with van der Waals surface area (Å²) < 4.78 is 6.11. The lowest BCUT2D eigenvalue weighted by molar-refractivity contribution is 0.0268. The Balaban J connectivity index is 1.71. The van der Waals surface area contributed by atoms with Crippen LogP contribution in [0.2, 0.25) is 5.02 Å². The van der Waals surface area contributed by atoms with Gasteiger partial charge in [0.1, 0.15) is 0 Å². The Morgan fingerprint density at radius 1 is 1.29 bits per heavy atom. The molecule has 1 N–H and O–H groups in total. The fourth-order valence-electron chi connectivity index (χ4n) is 2.83. The van der Waals surface area contributed by atoms with E-state index in [1.807, 2.05) is 18.2 Å². The highest BCUT2D eigenvalue weighted by molar-refractivity contribution is 6.31. The Morgan fingerprint density at radius 2 is 2.05 bits per heavy atom. The van der Waals surface area contributed by atoms with Gasteiger partial charge in [0.2, 0.25) is 0 Å². The first kappa shape index (κ1) is 16.8. The summed E-state index contributed by atoms with van der Waals surface area (Å²) in [5.74, 6) is 0. The predicted molar refractivity (Wildman–Crippen MR) is 88.8 cm³/mol. The van der Waals surface area contributed by atoms with Crippen LogP contribution in [-0.4, -0.2) is 43.8 Å². The molecule has 1 aromatic carbocycles. The summed E-state index contributed by atoms with van der Waals surface area (Å²) in [6, 6.07) is 8.05. The zero-order chi connectivity index (χ0) is 15.1. The van der Waals surface area contributed by atoms with Crippen molar-refractivity contribution in [2.24, 2.45) is 0 Å². The van der Waals surface area contributed by atoms with Crippen molar-refractivity contribution in [1.82, 2.24) is 10.2 Å². The number of halogens is 1. The molecule has 1 fully saturated rings. The van der Waals surface area contributed by atoms with Crippen LogP contribution >= 0.6 is 11.6 Å². The molecule has 1 aromatic rings. The van der Waals surface area contributed by atoms with E-state index < -0.39 is 0 Å². The number of hydrogen-bond donors (Lipinski definition) is 1. The molecule has 1 heterocycles. The lowest BCUT2D eigenvalue weighted by Crippen LogP contribution is -2.31. The van der Waals surface area contributed by atoms with Crippen molar-refractivity contribution in [2.45, 2.75) is 44.9 Å². The van der Waals surface area contributed by atoms with Crippen LogP contribution in [0, 0.1) is 0 Å². The first-order valence-corrected chi connectivity index (χ1v) is 8.35. The van der Waals surface area contributed by atoms with E-state index in [0.29, 0.717) is 12.2 Å². The Morgan fingerprint density at radius 3 is 2.81 bits per heavy atom. The fraction of sp³-hybridized carbons (Fsp3) is 0.647. The monoisotopic (exact) mass is 310 g/mol. The largest absolute Gasteiger partial charge is 0.372 e. The van der Waals surface area contributed by atoms with Crippen LogP contribution in [0.4, 0.5) is 0 Å². The lowest BCUT2D eigenvalue weighted by Gasteiger charge is -2.22. The summed E-state index contributed by atoms with van der Waals surface area (Å²) in [6.07, 6.45) is 4.24. The third kappa shape index (κ3) is 5.59. The van der Waals surface area contributed by atoms with Gasteiger partial charge in [0.05, 0.1) is 12.2 Å². The van der Waals surface area contributed by atoms with Crippen LogP contribution < -0.4 is 5.32 Å². The number of benzene rings is 1. The van der Waals surface area contributed by atoms with E-state index >= 15 is 0 Å². The van der Waals surface area contributed by atoms with E-state index in [-0.39, 0.29) is 0 Å².